The van der Waals surface area contributed by atoms with Gasteiger partial charge in [-0.25, -0.2) is 0 Å². The van der Waals surface area contributed by atoms with Gasteiger partial charge in [0.1, 0.15) is 0 Å². The molecular formula is C51H88BrCl4N3. The van der Waals surface area contributed by atoms with Crippen LogP contribution >= 0.6 is 62.3 Å². The molecule has 0 heterocycles. The molecule has 3 N–H and O–H groups in total. The minimum Gasteiger partial charge on any atom is -0.330 e. The predicted octanol–water partition coefficient (Wildman–Crippen LogP) is 17.5. The number of nitrogens with zero attached hydrogens (tertiary/aromatic N) is 1. The Labute approximate surface area is 395 Å². The average molecular weight is 965 g/mol. The van der Waals surface area contributed by atoms with Crippen LogP contribution in [0, 0.1) is 34.6 Å². The number of hydrogen-bond acceptors (Lipinski definition) is 3. The van der Waals surface area contributed by atoms with Gasteiger partial charge in [-0.3, -0.25) is 0 Å². The first-order valence-corrected chi connectivity index (χ1v) is 24.3. The first-order valence-electron chi connectivity index (χ1n) is 21.7. The molecule has 0 radical (unpaired) electrons. The molecule has 4 rings (SSSR count). The topological polar surface area (TPSA) is 41.3 Å². The Balaban J connectivity index is -0.000000142. The Morgan fingerprint density at radius 3 is 1.08 bits per heavy atom. The second kappa shape index (κ2) is 52.5. The van der Waals surface area contributed by atoms with Gasteiger partial charge >= 0.3 is 0 Å². The van der Waals surface area contributed by atoms with E-state index in [9.17, 15) is 0 Å². The van der Waals surface area contributed by atoms with Crippen molar-refractivity contribution in [2.24, 2.45) is 5.73 Å². The minimum absolute atomic E-state index is 0.819. The van der Waals surface area contributed by atoms with E-state index in [4.69, 9.17) is 52.1 Å². The Morgan fingerprint density at radius 1 is 0.525 bits per heavy atom. The number of hydrogen-bond donors (Lipinski definition) is 2. The lowest BCUT2D eigenvalue weighted by molar-refractivity contribution is 0.327. The molecule has 0 fully saturated rings. The van der Waals surface area contributed by atoms with E-state index >= 15 is 0 Å². The molecule has 0 aliphatic carbocycles. The fraction of sp³-hybridized carbons (Fsp3) is 0.529. The van der Waals surface area contributed by atoms with Crippen LogP contribution in [-0.2, 0) is 18.4 Å². The summed E-state index contributed by atoms with van der Waals surface area (Å²) in [4.78, 5) is 2.36. The number of halogens is 5. The van der Waals surface area contributed by atoms with Crippen LogP contribution < -0.4 is 11.1 Å². The lowest BCUT2D eigenvalue weighted by atomic mass is 10.1. The van der Waals surface area contributed by atoms with Crippen molar-refractivity contribution >= 4 is 62.3 Å². The largest absolute Gasteiger partial charge is 0.330 e. The average Bonchev–Trinajstić information content (AvgIpc) is 3.24. The Bertz CT molecular complexity index is 1370. The molecule has 4 aromatic carbocycles. The maximum Gasteiger partial charge on any atom is 0.266 e. The maximum atomic E-state index is 5.03. The number of nitrogens with two attached hydrogens (primary N) is 1. The highest BCUT2D eigenvalue weighted by atomic mass is 79.9. The van der Waals surface area contributed by atoms with E-state index in [-0.39, 0.29) is 0 Å². The summed E-state index contributed by atoms with van der Waals surface area (Å²) in [5.74, 6) is 0. The lowest BCUT2D eigenvalue weighted by Crippen LogP contribution is -2.18. The molecular weight excluding hydrogens is 876 g/mol. The number of benzene rings is 4. The van der Waals surface area contributed by atoms with Crippen molar-refractivity contribution in [1.29, 1.82) is 0 Å². The summed E-state index contributed by atoms with van der Waals surface area (Å²) in [6, 6.07) is 33.8. The molecule has 0 bridgehead atoms. The van der Waals surface area contributed by atoms with Crippen molar-refractivity contribution in [2.75, 3.05) is 26.7 Å². The van der Waals surface area contributed by atoms with Gasteiger partial charge < -0.3 is 16.0 Å². The number of rotatable bonds is 10. The zero-order valence-electron chi connectivity index (χ0n) is 40.5. The van der Waals surface area contributed by atoms with Gasteiger partial charge in [-0.15, -0.1) is 0 Å². The fourth-order valence-electron chi connectivity index (χ4n) is 4.17. The highest BCUT2D eigenvalue weighted by Gasteiger charge is 2.11. The normalized spacial score (nSPS) is 9.08. The molecule has 0 amide bonds. The van der Waals surface area contributed by atoms with E-state index < -0.39 is 3.25 Å². The molecule has 0 aliphatic heterocycles. The monoisotopic (exact) mass is 961 g/mol. The van der Waals surface area contributed by atoms with Gasteiger partial charge in [0.2, 0.25) is 0 Å². The van der Waals surface area contributed by atoms with Crippen LogP contribution in [0.4, 0.5) is 0 Å². The molecule has 8 heteroatoms. The molecule has 0 unspecified atom stereocenters. The third-order valence-corrected chi connectivity index (χ3v) is 8.03. The standard InChI is InChI=1S/C12H19N.C11H17N.C8H9Br.C8H10.C3H9N.4C2H6.CCl4/c1-4-9-13(3)10-12-8-6-5-7-11(12)2;1-3-8-12-9-11-7-5-4-6-10(11)2;1-7-4-2-3-5-8(7)6-9;1-7-5-3-4-6-8(7)2;1-2-3-4;4*1-2;2-1(3,4)5/h5-8H,4,9-10H2,1-3H3;4-7,12H,3,8-9H2,1-2H3;2-5H,6H2,1H3;3-6H,1-2H3;2-4H2,1H3;4*1-2H3;. The zero-order valence-corrected chi connectivity index (χ0v) is 45.1. The van der Waals surface area contributed by atoms with Crippen LogP contribution in [0.1, 0.15) is 140 Å². The fourth-order valence-corrected chi connectivity index (χ4v) is 4.80. The summed E-state index contributed by atoms with van der Waals surface area (Å²) in [7, 11) is 2.18. The number of nitrogens with one attached hydrogen (secondary N) is 1. The Kier molecular flexibility index (Phi) is 61.5. The van der Waals surface area contributed by atoms with E-state index in [0.29, 0.717) is 0 Å². The molecule has 0 aliphatic rings. The van der Waals surface area contributed by atoms with Crippen molar-refractivity contribution in [3.8, 4) is 0 Å². The molecule has 4 aromatic rings. The van der Waals surface area contributed by atoms with E-state index in [1.165, 1.54) is 63.9 Å². The summed E-state index contributed by atoms with van der Waals surface area (Å²) >= 11 is 22.7. The molecule has 0 saturated heterocycles. The van der Waals surface area contributed by atoms with Gasteiger partial charge in [0.15, 0.2) is 0 Å². The third kappa shape index (κ3) is 50.7. The first-order chi connectivity index (χ1) is 28.1. The van der Waals surface area contributed by atoms with Gasteiger partial charge in [-0.05, 0) is 125 Å². The van der Waals surface area contributed by atoms with Crippen LogP contribution in [-0.4, -0.2) is 34.8 Å². The van der Waals surface area contributed by atoms with Crippen molar-refractivity contribution in [2.45, 2.75) is 152 Å². The van der Waals surface area contributed by atoms with E-state index in [1.807, 2.05) is 55.4 Å². The SMILES string of the molecule is CC.CC.CC.CC.CCCN.CCCN(C)Cc1ccccc1C.CCCNCc1ccccc1C.Cc1ccccc1C.Cc1ccccc1CBr.ClC(Cl)(Cl)Cl. The van der Waals surface area contributed by atoms with Gasteiger partial charge in [0.25, 0.3) is 3.25 Å². The van der Waals surface area contributed by atoms with Crippen LogP contribution in [0.2, 0.25) is 0 Å². The van der Waals surface area contributed by atoms with Gasteiger partial charge in [-0.2, -0.15) is 0 Å². The van der Waals surface area contributed by atoms with Crippen molar-refractivity contribution < 1.29 is 0 Å². The summed E-state index contributed by atoms with van der Waals surface area (Å²) < 4.78 is -1.61. The highest BCUT2D eigenvalue weighted by Crippen LogP contribution is 2.29. The number of alkyl halides is 5. The molecule has 3 nitrogen and oxygen atoms in total. The molecule has 0 atom stereocenters. The summed E-state index contributed by atoms with van der Waals surface area (Å²) in [6.07, 6.45) is 3.52. The third-order valence-electron chi connectivity index (χ3n) is 7.43. The van der Waals surface area contributed by atoms with Crippen molar-refractivity contribution in [3.05, 3.63) is 142 Å². The molecule has 59 heavy (non-hydrogen) atoms. The van der Waals surface area contributed by atoms with Crippen LogP contribution in [0.25, 0.3) is 0 Å². The van der Waals surface area contributed by atoms with E-state index in [2.05, 4.69) is 186 Å². The van der Waals surface area contributed by atoms with Crippen molar-refractivity contribution in [1.82, 2.24) is 10.2 Å². The molecule has 0 spiro atoms. The minimum atomic E-state index is -1.61. The summed E-state index contributed by atoms with van der Waals surface area (Å²) in [5, 5.41) is 4.35. The Morgan fingerprint density at radius 2 is 0.831 bits per heavy atom. The molecule has 0 aromatic heterocycles. The van der Waals surface area contributed by atoms with Gasteiger partial charge in [0, 0.05) is 18.4 Å². The van der Waals surface area contributed by atoms with Crippen LogP contribution in [0.3, 0.4) is 0 Å². The van der Waals surface area contributed by atoms with Gasteiger partial charge in [-0.1, -0.05) is 236 Å². The summed E-state index contributed by atoms with van der Waals surface area (Å²) in [5.41, 5.74) is 16.1. The highest BCUT2D eigenvalue weighted by molar-refractivity contribution is 9.08. The lowest BCUT2D eigenvalue weighted by Gasteiger charge is -2.16. The quantitative estimate of drug-likeness (QED) is 0.123. The second-order valence-corrected chi connectivity index (χ2v) is 16.1. The smallest absolute Gasteiger partial charge is 0.266 e. The summed E-state index contributed by atoms with van der Waals surface area (Å²) in [6.45, 7) is 38.3. The Hall–Kier alpha value is -1.60. The first kappa shape index (κ1) is 69.1. The number of aryl methyl sites for hydroxylation is 5. The van der Waals surface area contributed by atoms with Crippen LogP contribution in [0.15, 0.2) is 97.1 Å². The molecule has 342 valence electrons. The van der Waals surface area contributed by atoms with E-state index in [0.717, 1.165) is 37.9 Å². The second-order valence-electron chi connectivity index (χ2n) is 12.1. The molecule has 0 saturated carbocycles. The van der Waals surface area contributed by atoms with Crippen LogP contribution in [0.5, 0.6) is 0 Å². The van der Waals surface area contributed by atoms with Crippen molar-refractivity contribution in [3.63, 3.8) is 0 Å². The van der Waals surface area contributed by atoms with Gasteiger partial charge in [0.05, 0.1) is 0 Å². The van der Waals surface area contributed by atoms with E-state index in [1.54, 1.807) is 0 Å². The maximum absolute atomic E-state index is 5.03. The zero-order chi connectivity index (χ0) is 47.1. The predicted molar refractivity (Wildman–Crippen MR) is 282 cm³/mol.